The first-order chi connectivity index (χ1) is 10.8. The minimum absolute atomic E-state index is 0.405. The fraction of sp³-hybridized carbons (Fsp3) is 1.00. The molecule has 0 fully saturated rings. The molecule has 0 N–H and O–H groups in total. The summed E-state index contributed by atoms with van der Waals surface area (Å²) in [6.07, 6.45) is 7.65. The molecule has 0 aromatic rings. The maximum Gasteiger partial charge on any atom is 0.192 e. The topological polar surface area (TPSA) is 34.0 Å². The third kappa shape index (κ3) is 6.49. The smallest absolute Gasteiger partial charge is 0.192 e. The largest absolute Gasteiger partial charge is 0.417 e. The predicted molar refractivity (Wildman–Crippen MR) is 88.7 cm³/mol. The Kier molecular flexibility index (Phi) is 6.00. The van der Waals surface area contributed by atoms with Gasteiger partial charge in [0, 0.05) is 17.1 Å². The van der Waals surface area contributed by atoms with Gasteiger partial charge in [-0.15, -0.1) is 0 Å². The van der Waals surface area contributed by atoms with E-state index in [1.54, 1.807) is 0 Å². The second-order valence-corrected chi connectivity index (χ2v) is 10.3. The first-order valence-electron chi connectivity index (χ1n) is 9.93. The quantitative estimate of drug-likeness (QED) is 0.389. The van der Waals surface area contributed by atoms with Crippen molar-refractivity contribution in [1.82, 2.24) is 0 Å². The zero-order chi connectivity index (χ0) is 17.4. The second-order valence-electron chi connectivity index (χ2n) is 6.11. The fourth-order valence-corrected chi connectivity index (χ4v) is 7.37. The summed E-state index contributed by atoms with van der Waals surface area (Å²) in [4.78, 5) is 0. The van der Waals surface area contributed by atoms with Crippen LogP contribution in [0.25, 0.3) is 0 Å². The third-order valence-electron chi connectivity index (χ3n) is 4.16. The molecule has 1 aliphatic rings. The van der Waals surface area contributed by atoms with E-state index in [0.717, 1.165) is 0 Å². The molecule has 0 atom stereocenters. The summed E-state index contributed by atoms with van der Waals surface area (Å²) in [5.41, 5.74) is -1.16. The average Bonchev–Trinajstić information content (AvgIpc) is 3.29. The molecule has 0 unspecified atom stereocenters. The van der Waals surface area contributed by atoms with Crippen LogP contribution in [0, 0.1) is 0 Å². The minimum atomic E-state index is -2.13. The first-order valence-corrected chi connectivity index (χ1v) is 11.0. The molecule has 0 aromatic heterocycles. The molecular formula is C16H34N2OSi. The van der Waals surface area contributed by atoms with Gasteiger partial charge in [0.15, 0.2) is 14.0 Å². The summed E-state index contributed by atoms with van der Waals surface area (Å²) >= 11 is 0. The molecule has 0 aliphatic carbocycles. The van der Waals surface area contributed by atoms with Gasteiger partial charge < -0.3 is 4.43 Å². The molecule has 1 rings (SSSR count). The van der Waals surface area contributed by atoms with E-state index in [-0.39, 0.29) is 0 Å². The molecule has 0 spiro atoms. The lowest BCUT2D eigenvalue weighted by Gasteiger charge is -2.32. The Morgan fingerprint density at radius 3 is 1.80 bits per heavy atom. The SMILES string of the molecule is [2H]C([2H])([2H])C1(CCO[Si](CCCC)(CCCC)CCCC)N=N1. The van der Waals surface area contributed by atoms with Gasteiger partial charge in [0.1, 0.15) is 0 Å². The van der Waals surface area contributed by atoms with E-state index >= 15 is 0 Å². The van der Waals surface area contributed by atoms with Crippen molar-refractivity contribution in [2.24, 2.45) is 10.2 Å². The van der Waals surface area contributed by atoms with Gasteiger partial charge in [0.2, 0.25) is 0 Å². The number of hydrogen-bond acceptors (Lipinski definition) is 3. The van der Waals surface area contributed by atoms with Crippen LogP contribution in [0.1, 0.15) is 76.7 Å². The number of nitrogens with zero attached hydrogens (tertiary/aromatic N) is 2. The van der Waals surface area contributed by atoms with Crippen molar-refractivity contribution >= 4 is 8.32 Å². The zero-order valence-corrected chi connectivity index (χ0v) is 14.6. The molecule has 118 valence electrons. The first kappa shape index (κ1) is 13.4. The molecule has 0 saturated heterocycles. The van der Waals surface area contributed by atoms with E-state index < -0.39 is 20.8 Å². The van der Waals surface area contributed by atoms with Crippen molar-refractivity contribution < 1.29 is 8.54 Å². The Morgan fingerprint density at radius 1 is 0.950 bits per heavy atom. The van der Waals surface area contributed by atoms with Gasteiger partial charge in [-0.1, -0.05) is 59.3 Å². The summed E-state index contributed by atoms with van der Waals surface area (Å²) in [6, 6.07) is 3.62. The molecule has 0 aromatic carbocycles. The lowest BCUT2D eigenvalue weighted by atomic mass is 10.2. The third-order valence-corrected chi connectivity index (χ3v) is 8.77. The summed E-state index contributed by atoms with van der Waals surface area (Å²) in [7, 11) is -1.76. The van der Waals surface area contributed by atoms with E-state index in [0.29, 0.717) is 13.0 Å². The van der Waals surface area contributed by atoms with Crippen LogP contribution in [0.5, 0.6) is 0 Å². The van der Waals surface area contributed by atoms with Crippen LogP contribution in [0.15, 0.2) is 10.2 Å². The Hall–Kier alpha value is -0.223. The van der Waals surface area contributed by atoms with Crippen molar-refractivity contribution in [3.05, 3.63) is 0 Å². The van der Waals surface area contributed by atoms with Crippen molar-refractivity contribution in [3.8, 4) is 0 Å². The lowest BCUT2D eigenvalue weighted by molar-refractivity contribution is 0.271. The minimum Gasteiger partial charge on any atom is -0.417 e. The van der Waals surface area contributed by atoms with Crippen molar-refractivity contribution in [1.29, 1.82) is 0 Å². The van der Waals surface area contributed by atoms with Crippen LogP contribution in [0.4, 0.5) is 0 Å². The number of hydrogen-bond donors (Lipinski definition) is 0. The Morgan fingerprint density at radius 2 is 1.45 bits per heavy atom. The maximum absolute atomic E-state index is 7.57. The Labute approximate surface area is 130 Å². The van der Waals surface area contributed by atoms with E-state index in [9.17, 15) is 0 Å². The average molecular weight is 302 g/mol. The monoisotopic (exact) mass is 301 g/mol. The molecule has 0 amide bonds. The van der Waals surface area contributed by atoms with Crippen molar-refractivity contribution in [2.75, 3.05) is 6.61 Å². The van der Waals surface area contributed by atoms with Gasteiger partial charge in [0.05, 0.1) is 0 Å². The van der Waals surface area contributed by atoms with Crippen LogP contribution in [0.2, 0.25) is 18.1 Å². The normalized spacial score (nSPS) is 19.4. The molecule has 3 nitrogen and oxygen atoms in total. The predicted octanol–water partition coefficient (Wildman–Crippen LogP) is 5.92. The highest BCUT2D eigenvalue weighted by molar-refractivity contribution is 6.73. The summed E-state index contributed by atoms with van der Waals surface area (Å²) < 4.78 is 29.2. The van der Waals surface area contributed by atoms with E-state index in [1.165, 1.54) is 56.7 Å². The molecular weight excluding hydrogens is 264 g/mol. The fourth-order valence-electron chi connectivity index (χ4n) is 2.66. The highest BCUT2D eigenvalue weighted by Crippen LogP contribution is 2.33. The second kappa shape index (κ2) is 8.93. The maximum atomic E-state index is 7.57. The van der Waals surface area contributed by atoms with Gasteiger partial charge >= 0.3 is 0 Å². The lowest BCUT2D eigenvalue weighted by Crippen LogP contribution is -2.39. The summed E-state index contributed by atoms with van der Waals surface area (Å²) in [6.45, 7) is 5.05. The Balaban J connectivity index is 2.62. The van der Waals surface area contributed by atoms with Gasteiger partial charge in [-0.25, -0.2) is 0 Å². The van der Waals surface area contributed by atoms with Crippen LogP contribution in [0.3, 0.4) is 0 Å². The molecule has 0 bridgehead atoms. The standard InChI is InChI=1S/C16H34N2OSi/c1-5-8-13-20(14-9-6-2,15-10-7-3)19-12-11-16(4)17-18-16/h5-15H2,1-4H3/i4D3. The van der Waals surface area contributed by atoms with Gasteiger partial charge in [0.25, 0.3) is 0 Å². The Bertz CT molecular complexity index is 347. The molecule has 1 heterocycles. The van der Waals surface area contributed by atoms with E-state index in [2.05, 4.69) is 31.0 Å². The van der Waals surface area contributed by atoms with Crippen LogP contribution < -0.4 is 0 Å². The molecule has 4 heteroatoms. The van der Waals surface area contributed by atoms with Crippen molar-refractivity contribution in [3.63, 3.8) is 0 Å². The van der Waals surface area contributed by atoms with Gasteiger partial charge in [-0.2, -0.15) is 10.2 Å². The van der Waals surface area contributed by atoms with E-state index in [4.69, 9.17) is 8.54 Å². The summed E-state index contributed by atoms with van der Waals surface area (Å²) in [5, 5.41) is 7.62. The van der Waals surface area contributed by atoms with Crippen LogP contribution in [-0.4, -0.2) is 20.6 Å². The zero-order valence-electron chi connectivity index (χ0n) is 16.6. The van der Waals surface area contributed by atoms with E-state index in [1.807, 2.05) is 0 Å². The van der Waals surface area contributed by atoms with Gasteiger partial charge in [-0.3, -0.25) is 0 Å². The number of rotatable bonds is 13. The summed E-state index contributed by atoms with van der Waals surface area (Å²) in [5.74, 6) is 0. The van der Waals surface area contributed by atoms with Crippen molar-refractivity contribution in [2.45, 2.75) is 96.4 Å². The number of unbranched alkanes of at least 4 members (excludes halogenated alkanes) is 3. The van der Waals surface area contributed by atoms with Crippen LogP contribution in [-0.2, 0) is 4.43 Å². The molecule has 1 aliphatic heterocycles. The highest BCUT2D eigenvalue weighted by atomic mass is 28.4. The molecule has 0 saturated carbocycles. The van der Waals surface area contributed by atoms with Crippen LogP contribution >= 0.6 is 0 Å². The molecule has 0 radical (unpaired) electrons. The van der Waals surface area contributed by atoms with Gasteiger partial charge in [-0.05, 0) is 25.0 Å². The molecule has 20 heavy (non-hydrogen) atoms. The highest BCUT2D eigenvalue weighted by Gasteiger charge is 2.37.